The zero-order chi connectivity index (χ0) is 12.4. The van der Waals surface area contributed by atoms with Crippen LogP contribution < -0.4 is 4.74 Å². The van der Waals surface area contributed by atoms with E-state index in [-0.39, 0.29) is 0 Å². The SMILES string of the molecule is CCOc1cccc2c(Cl)cc(C(C)C)nc12. The van der Waals surface area contributed by atoms with Crippen LogP contribution >= 0.6 is 11.6 Å². The van der Waals surface area contributed by atoms with E-state index >= 15 is 0 Å². The number of rotatable bonds is 3. The molecule has 0 aliphatic rings. The van der Waals surface area contributed by atoms with Gasteiger partial charge in [0.15, 0.2) is 0 Å². The third-order valence-corrected chi connectivity index (χ3v) is 2.98. The molecule has 0 N–H and O–H groups in total. The van der Waals surface area contributed by atoms with Crippen molar-refractivity contribution in [1.82, 2.24) is 4.98 Å². The number of para-hydroxylation sites is 1. The van der Waals surface area contributed by atoms with Crippen molar-refractivity contribution in [2.75, 3.05) is 6.61 Å². The van der Waals surface area contributed by atoms with Gasteiger partial charge in [-0.15, -0.1) is 0 Å². The van der Waals surface area contributed by atoms with Gasteiger partial charge < -0.3 is 4.74 Å². The summed E-state index contributed by atoms with van der Waals surface area (Å²) in [6.45, 7) is 6.80. The molecule has 17 heavy (non-hydrogen) atoms. The smallest absolute Gasteiger partial charge is 0.145 e. The van der Waals surface area contributed by atoms with Gasteiger partial charge in [0, 0.05) is 11.1 Å². The van der Waals surface area contributed by atoms with Gasteiger partial charge in [0.2, 0.25) is 0 Å². The summed E-state index contributed by atoms with van der Waals surface area (Å²) in [6, 6.07) is 7.77. The highest BCUT2D eigenvalue weighted by atomic mass is 35.5. The second kappa shape index (κ2) is 4.92. The van der Waals surface area contributed by atoms with Crippen LogP contribution in [0.15, 0.2) is 24.3 Å². The number of ether oxygens (including phenoxy) is 1. The first-order valence-corrected chi connectivity index (χ1v) is 6.23. The van der Waals surface area contributed by atoms with E-state index in [4.69, 9.17) is 16.3 Å². The number of halogens is 1. The van der Waals surface area contributed by atoms with Gasteiger partial charge in [-0.1, -0.05) is 37.6 Å². The average Bonchev–Trinajstić information content (AvgIpc) is 2.30. The lowest BCUT2D eigenvalue weighted by Crippen LogP contribution is -1.97. The van der Waals surface area contributed by atoms with Gasteiger partial charge in [0.25, 0.3) is 0 Å². The molecule has 0 unspecified atom stereocenters. The molecule has 2 nitrogen and oxygen atoms in total. The fraction of sp³-hybridized carbons (Fsp3) is 0.357. The standard InChI is InChI=1S/C14H16ClNO/c1-4-17-13-7-5-6-10-11(15)8-12(9(2)3)16-14(10)13/h5-9H,4H2,1-3H3. The molecule has 0 atom stereocenters. The van der Waals surface area contributed by atoms with Crippen LogP contribution in [0.3, 0.4) is 0 Å². The zero-order valence-corrected chi connectivity index (χ0v) is 11.1. The molecule has 0 fully saturated rings. The van der Waals surface area contributed by atoms with Gasteiger partial charge in [-0.2, -0.15) is 0 Å². The van der Waals surface area contributed by atoms with Crippen LogP contribution in [-0.4, -0.2) is 11.6 Å². The van der Waals surface area contributed by atoms with Gasteiger partial charge in [-0.05, 0) is 25.0 Å². The van der Waals surface area contributed by atoms with Crippen molar-refractivity contribution >= 4 is 22.5 Å². The lowest BCUT2D eigenvalue weighted by atomic mass is 10.1. The molecular weight excluding hydrogens is 234 g/mol. The molecule has 2 aromatic rings. The summed E-state index contributed by atoms with van der Waals surface area (Å²) in [6.07, 6.45) is 0. The Bertz CT molecular complexity index is 537. The summed E-state index contributed by atoms with van der Waals surface area (Å²) in [5.41, 5.74) is 1.85. The molecular formula is C14H16ClNO. The van der Waals surface area contributed by atoms with E-state index in [2.05, 4.69) is 18.8 Å². The van der Waals surface area contributed by atoms with Crippen molar-refractivity contribution in [2.45, 2.75) is 26.7 Å². The predicted octanol–water partition coefficient (Wildman–Crippen LogP) is 4.41. The quantitative estimate of drug-likeness (QED) is 0.804. The third-order valence-electron chi connectivity index (χ3n) is 2.66. The molecule has 1 aromatic carbocycles. The van der Waals surface area contributed by atoms with Gasteiger partial charge in [-0.3, -0.25) is 0 Å². The topological polar surface area (TPSA) is 22.1 Å². The summed E-state index contributed by atoms with van der Waals surface area (Å²) in [5, 5.41) is 1.68. The normalized spacial score (nSPS) is 11.1. The minimum absolute atomic E-state index is 0.353. The number of nitrogens with zero attached hydrogens (tertiary/aromatic N) is 1. The first-order valence-electron chi connectivity index (χ1n) is 5.85. The van der Waals surface area contributed by atoms with Crippen molar-refractivity contribution in [3.8, 4) is 5.75 Å². The highest BCUT2D eigenvalue weighted by Crippen LogP contribution is 2.31. The highest BCUT2D eigenvalue weighted by Gasteiger charge is 2.10. The van der Waals surface area contributed by atoms with Crippen LogP contribution in [0.2, 0.25) is 5.02 Å². The summed E-state index contributed by atoms with van der Waals surface area (Å²) >= 11 is 6.28. The Hall–Kier alpha value is -1.28. The molecule has 0 amide bonds. The number of hydrogen-bond donors (Lipinski definition) is 0. The molecule has 1 aromatic heterocycles. The maximum atomic E-state index is 6.28. The van der Waals surface area contributed by atoms with E-state index in [1.165, 1.54) is 0 Å². The molecule has 0 saturated heterocycles. The fourth-order valence-corrected chi connectivity index (χ4v) is 2.03. The van der Waals surface area contributed by atoms with Crippen molar-refractivity contribution < 1.29 is 4.74 Å². The molecule has 0 saturated carbocycles. The Labute approximate surface area is 107 Å². The van der Waals surface area contributed by atoms with Crippen LogP contribution in [0.1, 0.15) is 32.4 Å². The summed E-state index contributed by atoms with van der Waals surface area (Å²) in [4.78, 5) is 4.64. The van der Waals surface area contributed by atoms with Crippen molar-refractivity contribution in [3.63, 3.8) is 0 Å². The van der Waals surface area contributed by atoms with Crippen molar-refractivity contribution in [3.05, 3.63) is 35.0 Å². The monoisotopic (exact) mass is 249 g/mol. The summed E-state index contributed by atoms with van der Waals surface area (Å²) in [7, 11) is 0. The maximum absolute atomic E-state index is 6.28. The van der Waals surface area contributed by atoms with E-state index in [0.717, 1.165) is 27.4 Å². The molecule has 0 spiro atoms. The fourth-order valence-electron chi connectivity index (χ4n) is 1.77. The van der Waals surface area contributed by atoms with E-state index in [9.17, 15) is 0 Å². The Balaban J connectivity index is 2.69. The third kappa shape index (κ3) is 2.37. The Kier molecular flexibility index (Phi) is 3.53. The molecule has 0 aliphatic heterocycles. The number of aromatic nitrogens is 1. The van der Waals surface area contributed by atoms with Crippen molar-refractivity contribution in [1.29, 1.82) is 0 Å². The predicted molar refractivity (Wildman–Crippen MR) is 72.0 cm³/mol. The molecule has 1 heterocycles. The number of pyridine rings is 1. The van der Waals surface area contributed by atoms with Crippen molar-refractivity contribution in [2.24, 2.45) is 0 Å². The Morgan fingerprint density at radius 3 is 2.76 bits per heavy atom. The van der Waals surface area contributed by atoms with Gasteiger partial charge in [0.1, 0.15) is 11.3 Å². The lowest BCUT2D eigenvalue weighted by Gasteiger charge is -2.11. The van der Waals surface area contributed by atoms with Crippen LogP contribution in [0.25, 0.3) is 10.9 Å². The van der Waals surface area contributed by atoms with E-state index in [0.29, 0.717) is 12.5 Å². The average molecular weight is 250 g/mol. The van der Waals surface area contributed by atoms with E-state index in [1.54, 1.807) is 0 Å². The highest BCUT2D eigenvalue weighted by molar-refractivity contribution is 6.35. The molecule has 0 radical (unpaired) electrons. The Morgan fingerprint density at radius 2 is 2.12 bits per heavy atom. The second-order valence-corrected chi connectivity index (χ2v) is 4.68. The Morgan fingerprint density at radius 1 is 1.35 bits per heavy atom. The minimum Gasteiger partial charge on any atom is -0.492 e. The number of fused-ring (bicyclic) bond motifs is 1. The molecule has 0 bridgehead atoms. The second-order valence-electron chi connectivity index (χ2n) is 4.27. The van der Waals surface area contributed by atoms with Crippen LogP contribution in [0, 0.1) is 0 Å². The lowest BCUT2D eigenvalue weighted by molar-refractivity contribution is 0.343. The maximum Gasteiger partial charge on any atom is 0.145 e. The molecule has 3 heteroatoms. The van der Waals surface area contributed by atoms with Crippen LogP contribution in [0.4, 0.5) is 0 Å². The first kappa shape index (κ1) is 12.2. The van der Waals surface area contributed by atoms with Gasteiger partial charge >= 0.3 is 0 Å². The largest absolute Gasteiger partial charge is 0.492 e. The number of hydrogen-bond acceptors (Lipinski definition) is 2. The number of benzene rings is 1. The van der Waals surface area contributed by atoms with Gasteiger partial charge in [0.05, 0.1) is 11.6 Å². The van der Waals surface area contributed by atoms with Gasteiger partial charge in [-0.25, -0.2) is 4.98 Å². The van der Waals surface area contributed by atoms with E-state index < -0.39 is 0 Å². The minimum atomic E-state index is 0.353. The molecule has 0 aliphatic carbocycles. The molecule has 90 valence electrons. The van der Waals surface area contributed by atoms with E-state index in [1.807, 2.05) is 31.2 Å². The first-order chi connectivity index (χ1) is 8.13. The summed E-state index contributed by atoms with van der Waals surface area (Å²) < 4.78 is 5.59. The van der Waals surface area contributed by atoms with Crippen LogP contribution in [-0.2, 0) is 0 Å². The van der Waals surface area contributed by atoms with Crippen LogP contribution in [0.5, 0.6) is 5.75 Å². The molecule has 2 rings (SSSR count). The zero-order valence-electron chi connectivity index (χ0n) is 10.3. The summed E-state index contributed by atoms with van der Waals surface area (Å²) in [5.74, 6) is 1.15.